The molecule has 32 heavy (non-hydrogen) atoms. The minimum atomic E-state index is -4.11. The average molecular weight is 574 g/mol. The molecule has 1 aromatic carbocycles. The molecule has 1 aromatic rings. The number of ether oxygens (including phenoxy) is 3. The molecular formula is C21H34F3IN4O3. The van der Waals surface area contributed by atoms with Gasteiger partial charge in [0.25, 0.3) is 0 Å². The van der Waals surface area contributed by atoms with E-state index in [-0.39, 0.29) is 36.4 Å². The average Bonchev–Trinajstić information content (AvgIpc) is 2.77. The number of morpholine rings is 1. The van der Waals surface area contributed by atoms with Gasteiger partial charge in [-0.1, -0.05) is 6.07 Å². The van der Waals surface area contributed by atoms with E-state index in [0.717, 1.165) is 18.7 Å². The molecule has 0 saturated carbocycles. The van der Waals surface area contributed by atoms with E-state index in [0.29, 0.717) is 50.2 Å². The maximum atomic E-state index is 12.3. The highest BCUT2D eigenvalue weighted by Gasteiger charge is 2.26. The summed E-state index contributed by atoms with van der Waals surface area (Å²) in [6, 6.07) is 5.90. The van der Waals surface area contributed by atoms with Gasteiger partial charge in [-0.15, -0.1) is 24.0 Å². The normalized spacial score (nSPS) is 16.1. The van der Waals surface area contributed by atoms with Gasteiger partial charge in [0.15, 0.2) is 17.5 Å². The summed E-state index contributed by atoms with van der Waals surface area (Å²) >= 11 is 0. The highest BCUT2D eigenvalue weighted by Crippen LogP contribution is 2.32. The number of aliphatic imine (C=N–C) groups is 1. The third-order valence-electron chi connectivity index (χ3n) is 5.14. The van der Waals surface area contributed by atoms with Crippen LogP contribution in [0.5, 0.6) is 11.5 Å². The van der Waals surface area contributed by atoms with Crippen molar-refractivity contribution in [1.29, 1.82) is 0 Å². The van der Waals surface area contributed by atoms with Crippen LogP contribution in [-0.2, 0) is 4.74 Å². The van der Waals surface area contributed by atoms with Crippen molar-refractivity contribution in [3.05, 3.63) is 23.8 Å². The zero-order chi connectivity index (χ0) is 22.7. The lowest BCUT2D eigenvalue weighted by molar-refractivity contribution is -0.135. The van der Waals surface area contributed by atoms with Crippen molar-refractivity contribution in [1.82, 2.24) is 15.5 Å². The molecule has 1 saturated heterocycles. The molecule has 1 fully saturated rings. The number of hydrogen-bond donors (Lipinski definition) is 2. The summed E-state index contributed by atoms with van der Waals surface area (Å²) in [4.78, 5) is 6.52. The molecule has 1 atom stereocenters. The molecule has 1 aliphatic rings. The number of rotatable bonds is 10. The fourth-order valence-electron chi connectivity index (χ4n) is 3.48. The Labute approximate surface area is 205 Å². The molecule has 0 aliphatic carbocycles. The summed E-state index contributed by atoms with van der Waals surface area (Å²) in [5.74, 6) is 1.88. The van der Waals surface area contributed by atoms with Crippen LogP contribution in [0.1, 0.15) is 30.9 Å². The first-order valence-electron chi connectivity index (χ1n) is 10.4. The van der Waals surface area contributed by atoms with Gasteiger partial charge >= 0.3 is 6.18 Å². The molecule has 1 unspecified atom stereocenters. The Morgan fingerprint density at radius 3 is 2.41 bits per heavy atom. The van der Waals surface area contributed by atoms with Gasteiger partial charge in [0.1, 0.15) is 0 Å². The van der Waals surface area contributed by atoms with Gasteiger partial charge in [0.05, 0.1) is 33.5 Å². The lowest BCUT2D eigenvalue weighted by Crippen LogP contribution is -2.46. The molecule has 11 heteroatoms. The maximum Gasteiger partial charge on any atom is 0.389 e. The Morgan fingerprint density at radius 1 is 1.12 bits per heavy atom. The highest BCUT2D eigenvalue weighted by molar-refractivity contribution is 14.0. The summed E-state index contributed by atoms with van der Waals surface area (Å²) < 4.78 is 53.1. The second-order valence-corrected chi connectivity index (χ2v) is 7.23. The van der Waals surface area contributed by atoms with Crippen molar-refractivity contribution in [2.24, 2.45) is 4.99 Å². The van der Waals surface area contributed by atoms with E-state index in [9.17, 15) is 13.2 Å². The van der Waals surface area contributed by atoms with Crippen molar-refractivity contribution < 1.29 is 27.4 Å². The van der Waals surface area contributed by atoms with E-state index >= 15 is 0 Å². The van der Waals surface area contributed by atoms with Gasteiger partial charge in [-0.3, -0.25) is 9.89 Å². The molecule has 184 valence electrons. The number of nitrogens with zero attached hydrogens (tertiary/aromatic N) is 2. The first-order chi connectivity index (χ1) is 14.9. The van der Waals surface area contributed by atoms with Gasteiger partial charge in [0, 0.05) is 39.6 Å². The second kappa shape index (κ2) is 14.6. The summed E-state index contributed by atoms with van der Waals surface area (Å²) in [6.07, 6.45) is -4.36. The van der Waals surface area contributed by atoms with Gasteiger partial charge in [-0.25, -0.2) is 0 Å². The summed E-state index contributed by atoms with van der Waals surface area (Å²) in [7, 11) is 4.85. The molecular weight excluding hydrogens is 540 g/mol. The van der Waals surface area contributed by atoms with Crippen molar-refractivity contribution in [3.63, 3.8) is 0 Å². The van der Waals surface area contributed by atoms with Crippen molar-refractivity contribution in [3.8, 4) is 11.5 Å². The molecule has 0 aromatic heterocycles. The first kappa shape index (κ1) is 28.6. The fourth-order valence-corrected chi connectivity index (χ4v) is 3.48. The topological polar surface area (TPSA) is 67.4 Å². The monoisotopic (exact) mass is 574 g/mol. The van der Waals surface area contributed by atoms with E-state index in [4.69, 9.17) is 14.2 Å². The van der Waals surface area contributed by atoms with Crippen molar-refractivity contribution in [2.75, 3.05) is 60.7 Å². The molecule has 0 radical (unpaired) electrons. The maximum absolute atomic E-state index is 12.3. The van der Waals surface area contributed by atoms with Crippen LogP contribution in [0.3, 0.4) is 0 Å². The summed E-state index contributed by atoms with van der Waals surface area (Å²) in [5.41, 5.74) is 1.06. The lowest BCUT2D eigenvalue weighted by Gasteiger charge is -2.35. The predicted molar refractivity (Wildman–Crippen MR) is 129 cm³/mol. The predicted octanol–water partition coefficient (Wildman–Crippen LogP) is 3.59. The van der Waals surface area contributed by atoms with Crippen LogP contribution in [0.2, 0.25) is 0 Å². The minimum Gasteiger partial charge on any atom is -0.493 e. The molecule has 0 spiro atoms. The molecule has 7 nitrogen and oxygen atoms in total. The minimum absolute atomic E-state index is 0. The lowest BCUT2D eigenvalue weighted by atomic mass is 10.0. The van der Waals surface area contributed by atoms with Crippen LogP contribution in [0.25, 0.3) is 0 Å². The number of halogens is 4. The van der Waals surface area contributed by atoms with E-state index in [2.05, 4.69) is 20.5 Å². The number of guanidine groups is 1. The van der Waals surface area contributed by atoms with Crippen molar-refractivity contribution >= 4 is 29.9 Å². The second-order valence-electron chi connectivity index (χ2n) is 7.23. The third kappa shape index (κ3) is 9.57. The molecule has 1 aliphatic heterocycles. The quantitative estimate of drug-likeness (QED) is 0.193. The Balaban J connectivity index is 0.00000512. The van der Waals surface area contributed by atoms with Gasteiger partial charge in [0.2, 0.25) is 0 Å². The summed E-state index contributed by atoms with van der Waals surface area (Å²) in [5, 5.41) is 6.39. The van der Waals surface area contributed by atoms with Crippen LogP contribution in [0, 0.1) is 0 Å². The van der Waals surface area contributed by atoms with Gasteiger partial charge in [-0.2, -0.15) is 13.2 Å². The zero-order valence-corrected chi connectivity index (χ0v) is 21.2. The zero-order valence-electron chi connectivity index (χ0n) is 18.8. The first-order valence-corrected chi connectivity index (χ1v) is 10.4. The largest absolute Gasteiger partial charge is 0.493 e. The van der Waals surface area contributed by atoms with Crippen LogP contribution in [0.4, 0.5) is 13.2 Å². The van der Waals surface area contributed by atoms with E-state index in [1.165, 1.54) is 0 Å². The Morgan fingerprint density at radius 2 is 1.81 bits per heavy atom. The van der Waals surface area contributed by atoms with Crippen LogP contribution in [-0.4, -0.2) is 77.7 Å². The molecule has 0 amide bonds. The summed E-state index contributed by atoms with van der Waals surface area (Å²) in [6.45, 7) is 3.91. The Bertz CT molecular complexity index is 701. The fraction of sp³-hybridized carbons (Fsp3) is 0.667. The van der Waals surface area contributed by atoms with Crippen molar-refractivity contribution in [2.45, 2.75) is 31.5 Å². The smallest absolute Gasteiger partial charge is 0.389 e. The molecule has 2 rings (SSSR count). The van der Waals surface area contributed by atoms with Crippen LogP contribution < -0.4 is 20.1 Å². The Kier molecular flexibility index (Phi) is 13.1. The number of hydrogen-bond acceptors (Lipinski definition) is 5. The van der Waals surface area contributed by atoms with E-state index in [1.807, 2.05) is 18.2 Å². The molecule has 1 heterocycles. The number of alkyl halides is 3. The SMILES string of the molecule is CN=C(NCCCCC(F)(F)F)NCC(c1ccc(OC)c(OC)c1)N1CCOCC1.I. The standard InChI is InChI=1S/C21H33F3N4O3.HI/c1-25-20(26-9-5-4-8-21(22,23)24)27-15-17(28-10-12-31-13-11-28)16-6-7-18(29-2)19(14-16)30-3;/h6-7,14,17H,4-5,8-13,15H2,1-3H3,(H2,25,26,27);1H. The number of nitrogens with one attached hydrogen (secondary N) is 2. The van der Waals surface area contributed by atoms with Crippen LogP contribution in [0.15, 0.2) is 23.2 Å². The van der Waals surface area contributed by atoms with E-state index < -0.39 is 12.6 Å². The number of unbranched alkanes of at least 4 members (excludes halogenated alkanes) is 1. The van der Waals surface area contributed by atoms with Gasteiger partial charge in [-0.05, 0) is 30.5 Å². The number of methoxy groups -OCH3 is 2. The third-order valence-corrected chi connectivity index (χ3v) is 5.14. The van der Waals surface area contributed by atoms with Gasteiger partial charge < -0.3 is 24.8 Å². The highest BCUT2D eigenvalue weighted by atomic mass is 127. The van der Waals surface area contributed by atoms with E-state index in [1.54, 1.807) is 21.3 Å². The van der Waals surface area contributed by atoms with Crippen LogP contribution >= 0.6 is 24.0 Å². The molecule has 0 bridgehead atoms. The number of benzene rings is 1. The molecule has 2 N–H and O–H groups in total. The Hall–Kier alpha value is -1.47.